The van der Waals surface area contributed by atoms with Crippen LogP contribution in [0.1, 0.15) is 10.4 Å². The summed E-state index contributed by atoms with van der Waals surface area (Å²) in [6, 6.07) is 16.5. The summed E-state index contributed by atoms with van der Waals surface area (Å²) in [6.45, 7) is -0.619. The number of carbonyl (C=O) groups excluding carboxylic acids is 2. The van der Waals surface area contributed by atoms with Crippen LogP contribution in [0.3, 0.4) is 0 Å². The molecule has 1 heterocycles. The van der Waals surface area contributed by atoms with Crippen molar-refractivity contribution in [2.24, 2.45) is 0 Å². The Balaban J connectivity index is 1.65. The smallest absolute Gasteiger partial charge is 0.341 e. The zero-order valence-electron chi connectivity index (χ0n) is 16.3. The average molecular weight is 439 g/mol. The third-order valence-corrected chi connectivity index (χ3v) is 4.99. The highest BCUT2D eigenvalue weighted by atomic mass is 32.2. The summed E-state index contributed by atoms with van der Waals surface area (Å²) in [5, 5.41) is 14.0. The molecule has 9 nitrogen and oxygen atoms in total. The van der Waals surface area contributed by atoms with Crippen molar-refractivity contribution in [2.45, 2.75) is 9.92 Å². The maximum absolute atomic E-state index is 12.5. The number of benzene rings is 2. The largest absolute Gasteiger partial charge is 0.496 e. The summed E-state index contributed by atoms with van der Waals surface area (Å²) >= 11 is 1.29. The summed E-state index contributed by atoms with van der Waals surface area (Å²) in [5.41, 5.74) is -0.166. The number of rotatable bonds is 8. The van der Waals surface area contributed by atoms with E-state index < -0.39 is 23.4 Å². The molecule has 0 bridgehead atoms. The fraction of sp³-hybridized carbons (Fsp3) is 0.0952. The third-order valence-electron chi connectivity index (χ3n) is 3.96. The first-order valence-electron chi connectivity index (χ1n) is 8.95. The van der Waals surface area contributed by atoms with Gasteiger partial charge in [0.1, 0.15) is 16.5 Å². The van der Waals surface area contributed by atoms with E-state index in [-0.39, 0.29) is 22.7 Å². The van der Waals surface area contributed by atoms with Crippen molar-refractivity contribution in [3.8, 4) is 5.75 Å². The first kappa shape index (κ1) is 21.8. The summed E-state index contributed by atoms with van der Waals surface area (Å²) in [7, 11) is 1.37. The van der Waals surface area contributed by atoms with Crippen LogP contribution in [-0.2, 0) is 9.53 Å². The first-order valence-corrected chi connectivity index (χ1v) is 9.77. The van der Waals surface area contributed by atoms with Crippen molar-refractivity contribution in [1.29, 1.82) is 0 Å². The van der Waals surface area contributed by atoms with E-state index >= 15 is 0 Å². The lowest BCUT2D eigenvalue weighted by molar-refractivity contribution is -0.384. The van der Waals surface area contributed by atoms with E-state index in [4.69, 9.17) is 9.47 Å². The van der Waals surface area contributed by atoms with Crippen molar-refractivity contribution in [3.63, 3.8) is 0 Å². The van der Waals surface area contributed by atoms with Crippen LogP contribution < -0.4 is 10.1 Å². The van der Waals surface area contributed by atoms with Gasteiger partial charge in [0, 0.05) is 11.1 Å². The lowest BCUT2D eigenvalue weighted by Gasteiger charge is -2.10. The molecule has 0 spiro atoms. The molecule has 0 atom stereocenters. The highest BCUT2D eigenvalue weighted by Crippen LogP contribution is 2.30. The summed E-state index contributed by atoms with van der Waals surface area (Å²) < 4.78 is 10.0. The Morgan fingerprint density at radius 2 is 1.90 bits per heavy atom. The molecule has 0 aliphatic heterocycles. The molecule has 1 N–H and O–H groups in total. The van der Waals surface area contributed by atoms with Gasteiger partial charge in [0.2, 0.25) is 0 Å². The predicted octanol–water partition coefficient (Wildman–Crippen LogP) is 3.95. The van der Waals surface area contributed by atoms with Crippen LogP contribution in [0.25, 0.3) is 0 Å². The number of esters is 1. The molecular weight excluding hydrogens is 422 g/mol. The number of anilines is 1. The molecule has 3 rings (SSSR count). The van der Waals surface area contributed by atoms with Crippen molar-refractivity contribution in [2.75, 3.05) is 19.0 Å². The quantitative estimate of drug-likeness (QED) is 0.318. The van der Waals surface area contributed by atoms with Crippen LogP contribution in [0, 0.1) is 10.1 Å². The Morgan fingerprint density at radius 1 is 1.13 bits per heavy atom. The fourth-order valence-electron chi connectivity index (χ4n) is 2.52. The van der Waals surface area contributed by atoms with Crippen LogP contribution in [0.5, 0.6) is 5.75 Å². The normalized spacial score (nSPS) is 10.2. The van der Waals surface area contributed by atoms with E-state index in [0.717, 1.165) is 4.90 Å². The van der Waals surface area contributed by atoms with Crippen molar-refractivity contribution >= 4 is 35.0 Å². The van der Waals surface area contributed by atoms with Crippen LogP contribution >= 0.6 is 11.8 Å². The van der Waals surface area contributed by atoms with Gasteiger partial charge >= 0.3 is 5.97 Å². The van der Waals surface area contributed by atoms with Crippen LogP contribution in [-0.4, -0.2) is 35.5 Å². The lowest BCUT2D eigenvalue weighted by Crippen LogP contribution is -2.21. The van der Waals surface area contributed by atoms with Crippen LogP contribution in [0.2, 0.25) is 0 Å². The number of amides is 1. The third kappa shape index (κ3) is 5.80. The molecule has 1 aromatic heterocycles. The minimum atomic E-state index is -0.731. The van der Waals surface area contributed by atoms with Gasteiger partial charge < -0.3 is 14.8 Å². The van der Waals surface area contributed by atoms with Gasteiger partial charge in [0.25, 0.3) is 11.6 Å². The highest BCUT2D eigenvalue weighted by Gasteiger charge is 2.20. The Labute approximate surface area is 181 Å². The van der Waals surface area contributed by atoms with Gasteiger partial charge in [-0.15, -0.1) is 0 Å². The number of hydrogen-bond donors (Lipinski definition) is 1. The molecule has 31 heavy (non-hydrogen) atoms. The van der Waals surface area contributed by atoms with E-state index in [9.17, 15) is 19.7 Å². The van der Waals surface area contributed by atoms with Gasteiger partial charge in [-0.2, -0.15) is 0 Å². The van der Waals surface area contributed by atoms with Gasteiger partial charge in [-0.25, -0.2) is 9.78 Å². The SMILES string of the molecule is COc1ccc(NC(=O)COC(=O)c2cccnc2Sc2ccccc2)c([N+](=O)[O-])c1. The molecule has 0 fully saturated rings. The maximum Gasteiger partial charge on any atom is 0.341 e. The van der Waals surface area contributed by atoms with E-state index in [0.29, 0.717) is 5.03 Å². The van der Waals surface area contributed by atoms with Crippen molar-refractivity contribution in [3.05, 3.63) is 82.5 Å². The molecule has 0 saturated carbocycles. The molecule has 0 unspecified atom stereocenters. The highest BCUT2D eigenvalue weighted by molar-refractivity contribution is 7.99. The average Bonchev–Trinajstić information content (AvgIpc) is 2.78. The number of methoxy groups -OCH3 is 1. The number of carbonyl (C=O) groups is 2. The molecule has 2 aromatic carbocycles. The van der Waals surface area contributed by atoms with Crippen molar-refractivity contribution in [1.82, 2.24) is 4.98 Å². The lowest BCUT2D eigenvalue weighted by atomic mass is 10.2. The number of ether oxygens (including phenoxy) is 2. The second kappa shape index (κ2) is 10.2. The van der Waals surface area contributed by atoms with Crippen molar-refractivity contribution < 1.29 is 24.0 Å². The first-order chi connectivity index (χ1) is 15.0. The van der Waals surface area contributed by atoms with Gasteiger partial charge in [-0.3, -0.25) is 14.9 Å². The molecule has 158 valence electrons. The standard InChI is InChI=1S/C21H17N3O6S/c1-29-14-9-10-17(18(12-14)24(27)28)23-19(25)13-30-21(26)16-8-5-11-22-20(16)31-15-6-3-2-4-7-15/h2-12H,13H2,1H3,(H,23,25). The molecule has 1 amide bonds. The van der Waals surface area contributed by atoms with E-state index in [1.807, 2.05) is 30.3 Å². The number of hydrogen-bond acceptors (Lipinski definition) is 8. The maximum atomic E-state index is 12.5. The Kier molecular flexibility index (Phi) is 7.17. The number of nitrogens with zero attached hydrogens (tertiary/aromatic N) is 2. The zero-order valence-corrected chi connectivity index (χ0v) is 17.1. The molecule has 0 aliphatic rings. The van der Waals surface area contributed by atoms with Crippen LogP contribution in [0.4, 0.5) is 11.4 Å². The van der Waals surface area contributed by atoms with Gasteiger partial charge in [0.15, 0.2) is 6.61 Å². The molecular formula is C21H17N3O6S. The van der Waals surface area contributed by atoms with E-state index in [1.165, 1.54) is 37.1 Å². The van der Waals surface area contributed by atoms with Gasteiger partial charge in [0.05, 0.1) is 23.7 Å². The van der Waals surface area contributed by atoms with Crippen LogP contribution in [0.15, 0.2) is 76.8 Å². The zero-order chi connectivity index (χ0) is 22.2. The molecule has 0 saturated heterocycles. The molecule has 3 aromatic rings. The Morgan fingerprint density at radius 3 is 2.61 bits per heavy atom. The number of nitro groups is 1. The number of aromatic nitrogens is 1. The molecule has 10 heteroatoms. The summed E-state index contributed by atoms with van der Waals surface area (Å²) in [4.78, 5) is 40.4. The van der Waals surface area contributed by atoms with Gasteiger partial charge in [-0.05, 0) is 36.4 Å². The second-order valence-electron chi connectivity index (χ2n) is 6.04. The summed E-state index contributed by atoms with van der Waals surface area (Å²) in [6.07, 6.45) is 1.55. The predicted molar refractivity (Wildman–Crippen MR) is 113 cm³/mol. The second-order valence-corrected chi connectivity index (χ2v) is 7.10. The number of nitrogens with one attached hydrogen (secondary N) is 1. The number of pyridine rings is 1. The topological polar surface area (TPSA) is 121 Å². The minimum Gasteiger partial charge on any atom is -0.496 e. The molecule has 0 aliphatic carbocycles. The van der Waals surface area contributed by atoms with Gasteiger partial charge in [-0.1, -0.05) is 30.0 Å². The Hall–Kier alpha value is -3.92. The number of nitro benzene ring substituents is 1. The molecule has 0 radical (unpaired) electrons. The monoisotopic (exact) mass is 439 g/mol. The minimum absolute atomic E-state index is 0.0338. The fourth-order valence-corrected chi connectivity index (χ4v) is 3.41. The summed E-state index contributed by atoms with van der Waals surface area (Å²) in [5.74, 6) is -1.18. The van der Waals surface area contributed by atoms with E-state index in [2.05, 4.69) is 10.3 Å². The van der Waals surface area contributed by atoms with E-state index in [1.54, 1.807) is 18.3 Å². The Bertz CT molecular complexity index is 1110.